The Balaban J connectivity index is 2.55. The Morgan fingerprint density at radius 1 is 1.75 bits per heavy atom. The maximum absolute atomic E-state index is 10.9. The van der Waals surface area contributed by atoms with Gasteiger partial charge in [-0.05, 0) is 18.7 Å². The monoisotopic (exact) mass is 260 g/mol. The lowest BCUT2D eigenvalue weighted by Gasteiger charge is -2.12. The predicted molar refractivity (Wildman–Crippen MR) is 65.1 cm³/mol. The maximum Gasteiger partial charge on any atom is 0.321 e. The van der Waals surface area contributed by atoms with Crippen molar-refractivity contribution in [2.24, 2.45) is 0 Å². The van der Waals surface area contributed by atoms with Crippen LogP contribution in [-0.2, 0) is 4.79 Å². The summed E-state index contributed by atoms with van der Waals surface area (Å²) in [6.07, 6.45) is 1.64. The number of thioether (sulfide) groups is 1. The summed E-state index contributed by atoms with van der Waals surface area (Å²) in [5.41, 5.74) is 0. The molecule has 16 heavy (non-hydrogen) atoms. The number of pyridine rings is 1. The average molecular weight is 261 g/mol. The predicted octanol–water partition coefficient (Wildman–Crippen LogP) is 1.89. The highest BCUT2D eigenvalue weighted by Crippen LogP contribution is 2.24. The van der Waals surface area contributed by atoms with Gasteiger partial charge in [-0.3, -0.25) is 4.79 Å². The normalized spacial score (nSPS) is 12.4. The van der Waals surface area contributed by atoms with Crippen LogP contribution in [0.15, 0.2) is 23.4 Å². The fraction of sp³-hybridized carbons (Fsp3) is 0.400. The van der Waals surface area contributed by atoms with E-state index in [2.05, 4.69) is 10.3 Å². The molecule has 1 atom stereocenters. The molecule has 0 radical (unpaired) electrons. The molecule has 1 rings (SSSR count). The number of aromatic nitrogens is 1. The van der Waals surface area contributed by atoms with Crippen LogP contribution in [0.5, 0.6) is 0 Å². The topological polar surface area (TPSA) is 62.2 Å². The number of hydrogen-bond acceptors (Lipinski definition) is 4. The lowest BCUT2D eigenvalue weighted by molar-refractivity contribution is -0.138. The summed E-state index contributed by atoms with van der Waals surface area (Å²) >= 11 is 7.25. The Morgan fingerprint density at radius 3 is 3.06 bits per heavy atom. The van der Waals surface area contributed by atoms with E-state index in [4.69, 9.17) is 16.7 Å². The summed E-state index contributed by atoms with van der Waals surface area (Å²) in [5.74, 6) is -0.457. The average Bonchev–Trinajstić information content (AvgIpc) is 2.26. The van der Waals surface area contributed by atoms with Gasteiger partial charge in [-0.1, -0.05) is 18.5 Å². The molecule has 1 aromatic rings. The van der Waals surface area contributed by atoms with Crippen molar-refractivity contribution in [3.05, 3.63) is 23.4 Å². The standard InChI is InChI=1S/C10H13ClN2O2S/c1-2-12-8(10(14)15)6-16-9-7(11)4-3-5-13-9/h3-5,8,12H,2,6H2,1H3,(H,14,15). The summed E-state index contributed by atoms with van der Waals surface area (Å²) in [6, 6.07) is 2.90. The Kier molecular flexibility index (Phi) is 5.59. The number of carbonyl (C=O) groups is 1. The molecule has 0 aliphatic heterocycles. The van der Waals surface area contributed by atoms with Crippen molar-refractivity contribution < 1.29 is 9.90 Å². The summed E-state index contributed by atoms with van der Waals surface area (Å²) in [5, 5.41) is 13.0. The van der Waals surface area contributed by atoms with Crippen LogP contribution in [0.25, 0.3) is 0 Å². The highest BCUT2D eigenvalue weighted by Gasteiger charge is 2.16. The van der Waals surface area contributed by atoms with Gasteiger partial charge in [0.2, 0.25) is 0 Å². The van der Waals surface area contributed by atoms with Gasteiger partial charge in [-0.25, -0.2) is 4.98 Å². The van der Waals surface area contributed by atoms with Crippen LogP contribution < -0.4 is 5.32 Å². The molecule has 4 nitrogen and oxygen atoms in total. The minimum absolute atomic E-state index is 0.403. The molecule has 6 heteroatoms. The van der Waals surface area contributed by atoms with E-state index in [-0.39, 0.29) is 0 Å². The Hall–Kier alpha value is -0.780. The second-order valence-electron chi connectivity index (χ2n) is 3.05. The van der Waals surface area contributed by atoms with E-state index in [9.17, 15) is 4.79 Å². The van der Waals surface area contributed by atoms with Crippen molar-refractivity contribution in [1.29, 1.82) is 0 Å². The van der Waals surface area contributed by atoms with Crippen LogP contribution >= 0.6 is 23.4 Å². The molecule has 0 aromatic carbocycles. The first kappa shape index (κ1) is 13.3. The van der Waals surface area contributed by atoms with Crippen molar-refractivity contribution in [1.82, 2.24) is 10.3 Å². The molecule has 0 spiro atoms. The van der Waals surface area contributed by atoms with Gasteiger partial charge in [-0.2, -0.15) is 0 Å². The number of carboxylic acid groups (broad SMARTS) is 1. The molecule has 0 aliphatic rings. The van der Waals surface area contributed by atoms with Gasteiger partial charge in [0.15, 0.2) is 0 Å². The quantitative estimate of drug-likeness (QED) is 0.765. The number of nitrogens with zero attached hydrogens (tertiary/aromatic N) is 1. The molecule has 1 aromatic heterocycles. The zero-order valence-electron chi connectivity index (χ0n) is 8.81. The highest BCUT2D eigenvalue weighted by atomic mass is 35.5. The third kappa shape index (κ3) is 4.00. The van der Waals surface area contributed by atoms with E-state index in [0.29, 0.717) is 22.3 Å². The first-order valence-corrected chi connectivity index (χ1v) is 6.21. The van der Waals surface area contributed by atoms with Crippen LogP contribution in [0.1, 0.15) is 6.92 Å². The number of aliphatic carboxylic acids is 1. The Bertz CT molecular complexity index is 362. The minimum Gasteiger partial charge on any atom is -0.480 e. The number of likely N-dealkylation sites (N-methyl/N-ethyl adjacent to an activating group) is 1. The Labute approximate surface area is 103 Å². The molecular formula is C10H13ClN2O2S. The molecular weight excluding hydrogens is 248 g/mol. The van der Waals surface area contributed by atoms with Crippen molar-refractivity contribution in [3.8, 4) is 0 Å². The van der Waals surface area contributed by atoms with Crippen molar-refractivity contribution >= 4 is 29.3 Å². The summed E-state index contributed by atoms with van der Waals surface area (Å²) in [7, 11) is 0. The Morgan fingerprint density at radius 2 is 2.50 bits per heavy atom. The van der Waals surface area contributed by atoms with Crippen LogP contribution in [0.2, 0.25) is 5.02 Å². The van der Waals surface area contributed by atoms with E-state index in [1.165, 1.54) is 11.8 Å². The molecule has 0 bridgehead atoms. The fourth-order valence-electron chi connectivity index (χ4n) is 1.10. The SMILES string of the molecule is CCNC(CSc1ncccc1Cl)C(=O)O. The van der Waals surface area contributed by atoms with Gasteiger partial charge in [0, 0.05) is 11.9 Å². The molecule has 0 saturated heterocycles. The number of carboxylic acids is 1. The second-order valence-corrected chi connectivity index (χ2v) is 4.47. The third-order valence-corrected chi connectivity index (χ3v) is 3.38. The molecule has 88 valence electrons. The van der Waals surface area contributed by atoms with Crippen LogP contribution in [-0.4, -0.2) is 34.4 Å². The molecule has 0 aliphatic carbocycles. The van der Waals surface area contributed by atoms with Crippen LogP contribution in [0.3, 0.4) is 0 Å². The van der Waals surface area contributed by atoms with Gasteiger partial charge in [0.05, 0.1) is 5.02 Å². The zero-order chi connectivity index (χ0) is 12.0. The summed E-state index contributed by atoms with van der Waals surface area (Å²) in [6.45, 7) is 2.49. The molecule has 2 N–H and O–H groups in total. The third-order valence-electron chi connectivity index (χ3n) is 1.86. The second kappa shape index (κ2) is 6.73. The zero-order valence-corrected chi connectivity index (χ0v) is 10.4. The van der Waals surface area contributed by atoms with Crippen molar-refractivity contribution in [2.45, 2.75) is 18.0 Å². The maximum atomic E-state index is 10.9. The number of hydrogen-bond donors (Lipinski definition) is 2. The number of nitrogens with one attached hydrogen (secondary N) is 1. The van der Waals surface area contributed by atoms with Crippen molar-refractivity contribution in [3.63, 3.8) is 0 Å². The van der Waals surface area contributed by atoms with Gasteiger partial charge in [-0.15, -0.1) is 11.8 Å². The van der Waals surface area contributed by atoms with Gasteiger partial charge >= 0.3 is 5.97 Å². The van der Waals surface area contributed by atoms with Crippen LogP contribution in [0.4, 0.5) is 0 Å². The minimum atomic E-state index is -0.860. The van der Waals surface area contributed by atoms with E-state index < -0.39 is 12.0 Å². The first-order chi connectivity index (χ1) is 7.65. The van der Waals surface area contributed by atoms with E-state index in [1.54, 1.807) is 18.3 Å². The van der Waals surface area contributed by atoms with E-state index in [0.717, 1.165) is 0 Å². The lowest BCUT2D eigenvalue weighted by atomic mass is 10.3. The fourth-order valence-corrected chi connectivity index (χ4v) is 2.32. The molecule has 0 fully saturated rings. The van der Waals surface area contributed by atoms with E-state index >= 15 is 0 Å². The van der Waals surface area contributed by atoms with Crippen LogP contribution in [0, 0.1) is 0 Å². The highest BCUT2D eigenvalue weighted by molar-refractivity contribution is 7.99. The summed E-state index contributed by atoms with van der Waals surface area (Å²) in [4.78, 5) is 14.9. The summed E-state index contributed by atoms with van der Waals surface area (Å²) < 4.78 is 0. The van der Waals surface area contributed by atoms with E-state index in [1.807, 2.05) is 6.92 Å². The van der Waals surface area contributed by atoms with Gasteiger partial charge in [0.25, 0.3) is 0 Å². The molecule has 0 amide bonds. The largest absolute Gasteiger partial charge is 0.480 e. The molecule has 1 heterocycles. The molecule has 1 unspecified atom stereocenters. The molecule has 0 saturated carbocycles. The lowest BCUT2D eigenvalue weighted by Crippen LogP contribution is -2.38. The first-order valence-electron chi connectivity index (χ1n) is 4.84. The van der Waals surface area contributed by atoms with Gasteiger partial charge in [0.1, 0.15) is 11.1 Å². The van der Waals surface area contributed by atoms with Gasteiger partial charge < -0.3 is 10.4 Å². The number of rotatable bonds is 6. The smallest absolute Gasteiger partial charge is 0.321 e. The van der Waals surface area contributed by atoms with Crippen molar-refractivity contribution in [2.75, 3.05) is 12.3 Å². The number of halogens is 1.